The van der Waals surface area contributed by atoms with E-state index in [0.29, 0.717) is 18.3 Å². The summed E-state index contributed by atoms with van der Waals surface area (Å²) in [5.41, 5.74) is 1.10. The smallest absolute Gasteiger partial charge is 0.152 e. The van der Waals surface area contributed by atoms with Crippen LogP contribution in [0.15, 0.2) is 48.1 Å². The Balaban J connectivity index is 1.77. The van der Waals surface area contributed by atoms with Gasteiger partial charge >= 0.3 is 0 Å². The second-order valence-corrected chi connectivity index (χ2v) is 6.49. The monoisotopic (exact) mass is 301 g/mol. The van der Waals surface area contributed by atoms with Crippen molar-refractivity contribution in [2.24, 2.45) is 11.8 Å². The number of carbonyl (C=O) groups is 1. The van der Waals surface area contributed by atoms with E-state index in [-0.39, 0.29) is 11.9 Å². The van der Waals surface area contributed by atoms with Gasteiger partial charge in [-0.2, -0.15) is 0 Å². The Morgan fingerprint density at radius 3 is 2.77 bits per heavy atom. The molecule has 3 heteroatoms. The van der Waals surface area contributed by atoms with Gasteiger partial charge in [0.25, 0.3) is 0 Å². The lowest BCUT2D eigenvalue weighted by Crippen LogP contribution is -2.43. The third-order valence-corrected chi connectivity index (χ3v) is 4.36. The molecule has 0 saturated carbocycles. The first-order chi connectivity index (χ1) is 10.5. The van der Waals surface area contributed by atoms with E-state index in [1.807, 2.05) is 13.0 Å². The van der Waals surface area contributed by atoms with E-state index >= 15 is 0 Å². The molecular weight excluding hydrogens is 274 g/mol. The molecule has 0 aromatic heterocycles. The Labute approximate surface area is 133 Å². The minimum absolute atomic E-state index is 0.0436. The number of piperidine rings is 1. The van der Waals surface area contributed by atoms with Crippen LogP contribution in [0.1, 0.15) is 26.7 Å². The lowest BCUT2D eigenvalue weighted by molar-refractivity contribution is -0.112. The third kappa shape index (κ3) is 5.39. The van der Waals surface area contributed by atoms with Gasteiger partial charge in [0.15, 0.2) is 5.78 Å². The summed E-state index contributed by atoms with van der Waals surface area (Å²) in [4.78, 5) is 13.2. The predicted octanol–water partition coefficient (Wildman–Crippen LogP) is 2.89. The van der Waals surface area contributed by atoms with Crippen LogP contribution in [-0.2, 0) is 4.79 Å². The van der Waals surface area contributed by atoms with Crippen LogP contribution in [-0.4, -0.2) is 41.5 Å². The molecule has 0 amide bonds. The summed E-state index contributed by atoms with van der Waals surface area (Å²) in [6, 6.07) is 0. The van der Waals surface area contributed by atoms with Crippen molar-refractivity contribution in [3.63, 3.8) is 0 Å². The number of β-amino-alcohol motifs (C(OH)–C–C–N with tert-alkyl or cyclic N) is 1. The fourth-order valence-electron chi connectivity index (χ4n) is 3.24. The number of aliphatic hydroxyl groups excluding tert-OH is 1. The van der Waals surface area contributed by atoms with Crippen LogP contribution in [0.3, 0.4) is 0 Å². The summed E-state index contributed by atoms with van der Waals surface area (Å²) >= 11 is 0. The molecule has 1 saturated heterocycles. The zero-order valence-corrected chi connectivity index (χ0v) is 13.6. The summed E-state index contributed by atoms with van der Waals surface area (Å²) < 4.78 is 0. The molecular formula is C19H27NO2. The van der Waals surface area contributed by atoms with Gasteiger partial charge in [0.2, 0.25) is 0 Å². The maximum Gasteiger partial charge on any atom is 0.152 e. The first kappa shape index (κ1) is 16.9. The van der Waals surface area contributed by atoms with Gasteiger partial charge < -0.3 is 10.0 Å². The molecule has 0 spiro atoms. The molecule has 1 N–H and O–H groups in total. The van der Waals surface area contributed by atoms with Gasteiger partial charge in [0.1, 0.15) is 0 Å². The van der Waals surface area contributed by atoms with E-state index in [0.717, 1.165) is 25.2 Å². The van der Waals surface area contributed by atoms with Crippen molar-refractivity contribution in [1.82, 2.24) is 4.90 Å². The quantitative estimate of drug-likeness (QED) is 0.606. The zero-order chi connectivity index (χ0) is 15.9. The average molecular weight is 301 g/mol. The van der Waals surface area contributed by atoms with Crippen molar-refractivity contribution in [2.75, 3.05) is 19.6 Å². The standard InChI is InChI=1S/C19H27NO2/c1-15(6-5-7-16(2)21)12-19(22)14-20-11-10-17-8-3-4-9-18(17)13-20/h3-9,17-19,22H,10-14H2,1-2H3. The highest BCUT2D eigenvalue weighted by atomic mass is 16.3. The number of allylic oxidation sites excluding steroid dienone is 6. The van der Waals surface area contributed by atoms with Crippen molar-refractivity contribution >= 4 is 5.78 Å². The van der Waals surface area contributed by atoms with Crippen LogP contribution in [0, 0.1) is 11.8 Å². The van der Waals surface area contributed by atoms with Gasteiger partial charge in [-0.15, -0.1) is 0 Å². The number of likely N-dealkylation sites (tertiary alicyclic amines) is 1. The summed E-state index contributed by atoms with van der Waals surface area (Å²) in [5, 5.41) is 10.3. The fourth-order valence-corrected chi connectivity index (χ4v) is 3.24. The SMILES string of the molecule is CC(=O)C=CC=C(C)CC(O)CN1CCC2C=CC=CC2C1. The Morgan fingerprint density at radius 2 is 2.05 bits per heavy atom. The number of ketones is 1. The van der Waals surface area contributed by atoms with Crippen molar-refractivity contribution in [3.05, 3.63) is 48.1 Å². The molecule has 0 aromatic carbocycles. The van der Waals surface area contributed by atoms with E-state index < -0.39 is 0 Å². The van der Waals surface area contributed by atoms with Gasteiger partial charge in [0, 0.05) is 13.1 Å². The van der Waals surface area contributed by atoms with Crippen LogP contribution in [0.2, 0.25) is 0 Å². The number of fused-ring (bicyclic) bond motifs is 1. The van der Waals surface area contributed by atoms with E-state index in [1.54, 1.807) is 12.2 Å². The first-order valence-corrected chi connectivity index (χ1v) is 8.14. The molecule has 0 radical (unpaired) electrons. The summed E-state index contributed by atoms with van der Waals surface area (Å²) in [6.07, 6.45) is 15.6. The molecule has 0 aromatic rings. The average Bonchev–Trinajstić information content (AvgIpc) is 2.46. The molecule has 2 aliphatic rings. The summed E-state index contributed by atoms with van der Waals surface area (Å²) in [7, 11) is 0. The zero-order valence-electron chi connectivity index (χ0n) is 13.6. The highest BCUT2D eigenvalue weighted by Gasteiger charge is 2.27. The van der Waals surface area contributed by atoms with Crippen LogP contribution < -0.4 is 0 Å². The molecule has 1 aliphatic carbocycles. The van der Waals surface area contributed by atoms with E-state index in [9.17, 15) is 9.90 Å². The lowest BCUT2D eigenvalue weighted by Gasteiger charge is -2.38. The summed E-state index contributed by atoms with van der Waals surface area (Å²) in [5.74, 6) is 1.32. The Bertz CT molecular complexity index is 502. The number of hydrogen-bond acceptors (Lipinski definition) is 3. The molecule has 120 valence electrons. The van der Waals surface area contributed by atoms with E-state index in [4.69, 9.17) is 0 Å². The topological polar surface area (TPSA) is 40.5 Å². The van der Waals surface area contributed by atoms with Crippen LogP contribution in [0.4, 0.5) is 0 Å². The number of nitrogens with zero attached hydrogens (tertiary/aromatic N) is 1. The molecule has 3 unspecified atom stereocenters. The Morgan fingerprint density at radius 1 is 1.32 bits per heavy atom. The highest BCUT2D eigenvalue weighted by molar-refractivity contribution is 5.87. The largest absolute Gasteiger partial charge is 0.391 e. The van der Waals surface area contributed by atoms with Crippen molar-refractivity contribution in [1.29, 1.82) is 0 Å². The van der Waals surface area contributed by atoms with Crippen LogP contribution in [0.5, 0.6) is 0 Å². The Hall–Kier alpha value is -1.45. The highest BCUT2D eigenvalue weighted by Crippen LogP contribution is 2.28. The van der Waals surface area contributed by atoms with Gasteiger partial charge in [-0.3, -0.25) is 4.79 Å². The number of aliphatic hydroxyl groups is 1. The maximum absolute atomic E-state index is 10.8. The normalized spacial score (nSPS) is 27.1. The second-order valence-electron chi connectivity index (χ2n) is 6.49. The van der Waals surface area contributed by atoms with Gasteiger partial charge in [-0.05, 0) is 51.1 Å². The fraction of sp³-hybridized carbons (Fsp3) is 0.526. The maximum atomic E-state index is 10.8. The molecule has 1 aliphatic heterocycles. The molecule has 2 rings (SSSR count). The summed E-state index contributed by atoms with van der Waals surface area (Å²) in [6.45, 7) is 6.35. The minimum Gasteiger partial charge on any atom is -0.391 e. The molecule has 3 nitrogen and oxygen atoms in total. The van der Waals surface area contributed by atoms with Gasteiger partial charge in [-0.25, -0.2) is 0 Å². The lowest BCUT2D eigenvalue weighted by atomic mass is 9.82. The predicted molar refractivity (Wildman–Crippen MR) is 90.5 cm³/mol. The number of carbonyl (C=O) groups excluding carboxylic acids is 1. The molecule has 3 atom stereocenters. The Kier molecular flexibility index (Phi) is 6.34. The van der Waals surface area contributed by atoms with Gasteiger partial charge in [-0.1, -0.05) is 42.0 Å². The van der Waals surface area contributed by atoms with Crippen molar-refractivity contribution in [2.45, 2.75) is 32.8 Å². The third-order valence-electron chi connectivity index (χ3n) is 4.36. The van der Waals surface area contributed by atoms with Crippen molar-refractivity contribution < 1.29 is 9.90 Å². The first-order valence-electron chi connectivity index (χ1n) is 8.14. The van der Waals surface area contributed by atoms with E-state index in [2.05, 4.69) is 29.2 Å². The van der Waals surface area contributed by atoms with Crippen molar-refractivity contribution in [3.8, 4) is 0 Å². The minimum atomic E-state index is -0.346. The van der Waals surface area contributed by atoms with E-state index in [1.165, 1.54) is 13.3 Å². The number of hydrogen-bond donors (Lipinski definition) is 1. The molecule has 1 fully saturated rings. The molecule has 22 heavy (non-hydrogen) atoms. The molecule has 0 bridgehead atoms. The second kappa shape index (κ2) is 8.25. The van der Waals surface area contributed by atoms with Crippen LogP contribution >= 0.6 is 0 Å². The number of rotatable bonds is 6. The van der Waals surface area contributed by atoms with Gasteiger partial charge in [0.05, 0.1) is 6.10 Å². The molecule has 1 heterocycles. The van der Waals surface area contributed by atoms with Crippen LogP contribution in [0.25, 0.3) is 0 Å².